The highest BCUT2D eigenvalue weighted by atomic mass is 32.2. The lowest BCUT2D eigenvalue weighted by atomic mass is 10.1. The second-order valence-corrected chi connectivity index (χ2v) is 12.3. The third kappa shape index (κ3) is 6.30. The number of carboxylic acids is 1. The Labute approximate surface area is 237 Å². The van der Waals surface area contributed by atoms with Crippen molar-refractivity contribution in [3.8, 4) is 16.9 Å². The number of carboxylic acid groups (broad SMARTS) is 1. The van der Waals surface area contributed by atoms with E-state index in [1.54, 1.807) is 55.1 Å². The number of thioether (sulfide) groups is 1. The van der Waals surface area contributed by atoms with Crippen LogP contribution in [0.3, 0.4) is 0 Å². The first-order valence-electron chi connectivity index (χ1n) is 12.4. The first-order chi connectivity index (χ1) is 18.6. The summed E-state index contributed by atoms with van der Waals surface area (Å²) in [5.41, 5.74) is 2.50. The van der Waals surface area contributed by atoms with E-state index in [1.807, 2.05) is 30.3 Å². The molecule has 1 amide bonds. The Balaban J connectivity index is 1.76. The molecule has 39 heavy (non-hydrogen) atoms. The zero-order valence-corrected chi connectivity index (χ0v) is 23.9. The summed E-state index contributed by atoms with van der Waals surface area (Å²) in [5, 5.41) is 13.7. The maximum Gasteiger partial charge on any atom is 0.303 e. The number of nitrogens with zero attached hydrogens (tertiary/aromatic N) is 4. The molecule has 2 aromatic carbocycles. The summed E-state index contributed by atoms with van der Waals surface area (Å²) in [6.07, 6.45) is 3.72. The Kier molecular flexibility index (Phi) is 9.01. The summed E-state index contributed by atoms with van der Waals surface area (Å²) in [7, 11) is -3.69. The van der Waals surface area contributed by atoms with Crippen molar-refractivity contribution in [1.82, 2.24) is 19.0 Å². The first-order valence-corrected chi connectivity index (χ1v) is 15.0. The Hall–Kier alpha value is -3.32. The second-order valence-electron chi connectivity index (χ2n) is 8.66. The zero-order chi connectivity index (χ0) is 28.2. The molecule has 1 aliphatic rings. The minimum atomic E-state index is -3.69. The number of thiocarbonyl (C=S) groups is 1. The highest BCUT2D eigenvalue weighted by molar-refractivity contribution is 8.26. The van der Waals surface area contributed by atoms with Gasteiger partial charge in [0.25, 0.3) is 5.91 Å². The molecular weight excluding hydrogens is 557 g/mol. The van der Waals surface area contributed by atoms with Gasteiger partial charge in [-0.2, -0.15) is 9.40 Å². The van der Waals surface area contributed by atoms with E-state index in [0.717, 1.165) is 17.4 Å². The standard InChI is InChI=1S/C27H28N4O5S3/c1-3-29(4-2)39(35,36)22-13-8-10-19(16-22)25-20(18-31(28-25)21-11-6-5-7-12-21)17-23-26(34)30(27(37)38-23)15-9-14-24(32)33/h5-8,10-13,16-18H,3-4,9,14-15H2,1-2H3,(H,32,33)/b23-17-. The van der Waals surface area contributed by atoms with Crippen molar-refractivity contribution in [2.24, 2.45) is 0 Å². The van der Waals surface area contributed by atoms with Crippen LogP contribution in [0.1, 0.15) is 32.3 Å². The van der Waals surface area contributed by atoms with E-state index in [1.165, 1.54) is 9.21 Å². The Morgan fingerprint density at radius 3 is 2.51 bits per heavy atom. The molecule has 1 aliphatic heterocycles. The van der Waals surface area contributed by atoms with Crippen molar-refractivity contribution in [1.29, 1.82) is 0 Å². The Bertz CT molecular complexity index is 1530. The number of carbonyl (C=O) groups excluding carboxylic acids is 1. The average Bonchev–Trinajstić information content (AvgIpc) is 3.46. The van der Waals surface area contributed by atoms with Gasteiger partial charge in [-0.15, -0.1) is 0 Å². The number of hydrogen-bond acceptors (Lipinski definition) is 7. The molecule has 0 radical (unpaired) electrons. The number of carbonyl (C=O) groups is 2. The average molecular weight is 585 g/mol. The second kappa shape index (κ2) is 12.2. The highest BCUT2D eigenvalue weighted by Crippen LogP contribution is 2.35. The van der Waals surface area contributed by atoms with E-state index in [9.17, 15) is 18.0 Å². The van der Waals surface area contributed by atoms with Gasteiger partial charge in [-0.1, -0.05) is 68.2 Å². The minimum absolute atomic E-state index is 0.0587. The van der Waals surface area contributed by atoms with Gasteiger partial charge in [-0.25, -0.2) is 13.1 Å². The molecule has 1 N–H and O–H groups in total. The van der Waals surface area contributed by atoms with Crippen molar-refractivity contribution in [2.75, 3.05) is 19.6 Å². The topological polar surface area (TPSA) is 113 Å². The molecular formula is C27H28N4O5S3. The smallest absolute Gasteiger partial charge is 0.303 e. The zero-order valence-electron chi connectivity index (χ0n) is 21.5. The number of rotatable bonds is 11. The molecule has 204 valence electrons. The maximum atomic E-state index is 13.2. The fourth-order valence-electron chi connectivity index (χ4n) is 4.17. The largest absolute Gasteiger partial charge is 0.481 e. The number of para-hydroxylation sites is 1. The fourth-order valence-corrected chi connectivity index (χ4v) is 6.97. The summed E-state index contributed by atoms with van der Waals surface area (Å²) < 4.78 is 29.8. The van der Waals surface area contributed by atoms with Gasteiger partial charge in [0.2, 0.25) is 10.0 Å². The fraction of sp³-hybridized carbons (Fsp3) is 0.259. The molecule has 12 heteroatoms. The van der Waals surface area contributed by atoms with Crippen molar-refractivity contribution < 1.29 is 23.1 Å². The first kappa shape index (κ1) is 28.7. The van der Waals surface area contributed by atoms with Crippen LogP contribution in [-0.4, -0.2) is 68.3 Å². The van der Waals surface area contributed by atoms with Crippen LogP contribution in [-0.2, 0) is 19.6 Å². The number of aromatic nitrogens is 2. The molecule has 2 heterocycles. The van der Waals surface area contributed by atoms with Crippen LogP contribution in [0.25, 0.3) is 23.0 Å². The number of aliphatic carboxylic acids is 1. The van der Waals surface area contributed by atoms with E-state index in [0.29, 0.717) is 45.6 Å². The molecule has 0 unspecified atom stereocenters. The lowest BCUT2D eigenvalue weighted by Gasteiger charge is -2.18. The van der Waals surface area contributed by atoms with Crippen LogP contribution in [0.4, 0.5) is 0 Å². The normalized spacial score (nSPS) is 15.1. The SMILES string of the molecule is CCN(CC)S(=O)(=O)c1cccc(-c2nn(-c3ccccc3)cc2/C=C2\SC(=S)N(CCCC(=O)O)C2=O)c1. The molecule has 1 saturated heterocycles. The van der Waals surface area contributed by atoms with Gasteiger partial charge < -0.3 is 5.11 Å². The lowest BCUT2D eigenvalue weighted by molar-refractivity contribution is -0.137. The molecule has 0 spiro atoms. The van der Waals surface area contributed by atoms with Gasteiger partial charge in [-0.3, -0.25) is 14.5 Å². The summed E-state index contributed by atoms with van der Waals surface area (Å²) >= 11 is 6.53. The molecule has 1 aromatic heterocycles. The Morgan fingerprint density at radius 1 is 1.13 bits per heavy atom. The van der Waals surface area contributed by atoms with Crippen LogP contribution in [0.2, 0.25) is 0 Å². The summed E-state index contributed by atoms with van der Waals surface area (Å²) in [5.74, 6) is -1.23. The molecule has 1 fully saturated rings. The molecule has 0 atom stereocenters. The van der Waals surface area contributed by atoms with Gasteiger partial charge in [0.1, 0.15) is 10.0 Å². The van der Waals surface area contributed by atoms with Crippen LogP contribution in [0.15, 0.2) is 70.6 Å². The van der Waals surface area contributed by atoms with Gasteiger partial charge in [0.15, 0.2) is 0 Å². The van der Waals surface area contributed by atoms with Gasteiger partial charge in [-0.05, 0) is 36.8 Å². The summed E-state index contributed by atoms with van der Waals surface area (Å²) in [6, 6.07) is 16.1. The van der Waals surface area contributed by atoms with Crippen molar-refractivity contribution in [3.63, 3.8) is 0 Å². The maximum absolute atomic E-state index is 13.2. The van der Waals surface area contributed by atoms with Gasteiger partial charge >= 0.3 is 5.97 Å². The van der Waals surface area contributed by atoms with Crippen LogP contribution < -0.4 is 0 Å². The van der Waals surface area contributed by atoms with E-state index in [2.05, 4.69) is 0 Å². The third-order valence-corrected chi connectivity index (χ3v) is 9.57. The van der Waals surface area contributed by atoms with E-state index >= 15 is 0 Å². The number of amides is 1. The van der Waals surface area contributed by atoms with Crippen LogP contribution in [0, 0.1) is 0 Å². The quantitative estimate of drug-likeness (QED) is 0.256. The highest BCUT2D eigenvalue weighted by Gasteiger charge is 2.32. The molecule has 9 nitrogen and oxygen atoms in total. The van der Waals surface area contributed by atoms with Crippen molar-refractivity contribution in [3.05, 3.63) is 71.3 Å². The van der Waals surface area contributed by atoms with E-state index in [-0.39, 0.29) is 23.8 Å². The molecule has 4 rings (SSSR count). The number of hydrogen-bond donors (Lipinski definition) is 1. The molecule has 0 bridgehead atoms. The van der Waals surface area contributed by atoms with Crippen molar-refractivity contribution in [2.45, 2.75) is 31.6 Å². The van der Waals surface area contributed by atoms with Crippen LogP contribution in [0.5, 0.6) is 0 Å². The van der Waals surface area contributed by atoms with Crippen molar-refractivity contribution >= 4 is 56.3 Å². The molecule has 0 aliphatic carbocycles. The third-order valence-electron chi connectivity index (χ3n) is 6.15. The lowest BCUT2D eigenvalue weighted by Crippen LogP contribution is -2.30. The van der Waals surface area contributed by atoms with Crippen LogP contribution >= 0.6 is 24.0 Å². The predicted octanol–water partition coefficient (Wildman–Crippen LogP) is 4.64. The predicted molar refractivity (Wildman–Crippen MR) is 156 cm³/mol. The van der Waals surface area contributed by atoms with Gasteiger partial charge in [0, 0.05) is 43.4 Å². The monoisotopic (exact) mass is 584 g/mol. The van der Waals surface area contributed by atoms with Gasteiger partial charge in [0.05, 0.1) is 15.5 Å². The molecule has 3 aromatic rings. The Morgan fingerprint density at radius 2 is 1.85 bits per heavy atom. The summed E-state index contributed by atoms with van der Waals surface area (Å²) in [6.45, 7) is 4.51. The minimum Gasteiger partial charge on any atom is -0.481 e. The molecule has 0 saturated carbocycles. The number of sulfonamides is 1. The summed E-state index contributed by atoms with van der Waals surface area (Å²) in [4.78, 5) is 26.0. The van der Waals surface area contributed by atoms with E-state index < -0.39 is 16.0 Å². The van der Waals surface area contributed by atoms with E-state index in [4.69, 9.17) is 22.4 Å². The number of benzene rings is 2.